The molecule has 3 amide bonds. The van der Waals surface area contributed by atoms with Crippen LogP contribution in [-0.4, -0.2) is 68.7 Å². The standard InChI is InChI=1S/C19H18N8O6S2/c1-21-19(32)33-25-11(10-8-35-18(20)23-10)14(28)24-12-15(29)27-13(17(30)31)9(7-34-16(12)27)6-26-4-2-22-3-5-26/h2-5,8,12,16H,6-7H2,1H3,(H4-,20,21,23,24,28,30,31,32)/b25-11+/t12?,16-/m1/s1. The lowest BCUT2D eigenvalue weighted by atomic mass is 10.0. The fourth-order valence-corrected chi connectivity index (χ4v) is 5.29. The highest BCUT2D eigenvalue weighted by Gasteiger charge is 2.53. The van der Waals surface area contributed by atoms with Gasteiger partial charge in [0.05, 0.1) is 24.1 Å². The third kappa shape index (κ3) is 4.92. The van der Waals surface area contributed by atoms with E-state index in [-0.39, 0.29) is 28.8 Å². The number of fused-ring (bicyclic) bond motifs is 1. The minimum absolute atomic E-state index is 0.0424. The first-order valence-electron chi connectivity index (χ1n) is 9.96. The molecule has 0 radical (unpaired) electrons. The second kappa shape index (κ2) is 10.1. The molecule has 2 aromatic heterocycles. The first-order valence-corrected chi connectivity index (χ1v) is 11.9. The largest absolute Gasteiger partial charge is 0.543 e. The molecule has 14 nitrogen and oxygen atoms in total. The van der Waals surface area contributed by atoms with Crippen molar-refractivity contribution < 1.29 is 33.7 Å². The lowest BCUT2D eigenvalue weighted by Gasteiger charge is -2.50. The Labute approximate surface area is 205 Å². The maximum atomic E-state index is 12.9. The van der Waals surface area contributed by atoms with Gasteiger partial charge >= 0.3 is 6.09 Å². The number of aromatic nitrogens is 3. The first kappa shape index (κ1) is 24.1. The van der Waals surface area contributed by atoms with Crippen LogP contribution >= 0.6 is 23.1 Å². The number of carboxylic acids is 1. The number of nitrogens with one attached hydrogen (secondary N) is 2. The van der Waals surface area contributed by atoms with Crippen LogP contribution < -0.4 is 26.0 Å². The second-order valence-corrected chi connectivity index (χ2v) is 9.15. The zero-order valence-corrected chi connectivity index (χ0v) is 19.7. The summed E-state index contributed by atoms with van der Waals surface area (Å²) in [5, 5.41) is 21.1. The Morgan fingerprint density at radius 3 is 2.74 bits per heavy atom. The average Bonchev–Trinajstić information content (AvgIpc) is 3.28. The summed E-state index contributed by atoms with van der Waals surface area (Å²) in [4.78, 5) is 62.8. The van der Waals surface area contributed by atoms with E-state index in [1.165, 1.54) is 24.2 Å². The minimum Gasteiger partial charge on any atom is -0.543 e. The summed E-state index contributed by atoms with van der Waals surface area (Å²) >= 11 is 2.33. The number of nitrogens with zero attached hydrogens (tertiary/aromatic N) is 5. The average molecular weight is 519 g/mol. The number of rotatable bonds is 7. The molecule has 1 fully saturated rings. The molecule has 35 heavy (non-hydrogen) atoms. The highest BCUT2D eigenvalue weighted by Crippen LogP contribution is 2.40. The summed E-state index contributed by atoms with van der Waals surface area (Å²) in [5.74, 6) is -2.67. The van der Waals surface area contributed by atoms with Gasteiger partial charge in [-0.15, -0.1) is 23.1 Å². The van der Waals surface area contributed by atoms with Crippen LogP contribution in [0, 0.1) is 0 Å². The number of anilines is 1. The molecule has 2 aromatic rings. The molecule has 2 aliphatic heterocycles. The topological polar surface area (TPSA) is 196 Å². The molecule has 2 atom stereocenters. The molecular formula is C19H18N8O6S2. The Morgan fingerprint density at radius 1 is 1.37 bits per heavy atom. The van der Waals surface area contributed by atoms with Crippen LogP contribution in [-0.2, 0) is 25.8 Å². The number of amides is 3. The third-order valence-electron chi connectivity index (χ3n) is 4.99. The van der Waals surface area contributed by atoms with Crippen molar-refractivity contribution in [3.63, 3.8) is 0 Å². The van der Waals surface area contributed by atoms with Gasteiger partial charge in [0, 0.05) is 23.8 Å². The second-order valence-electron chi connectivity index (χ2n) is 7.16. The summed E-state index contributed by atoms with van der Waals surface area (Å²) in [6.45, 7) is 0.227. The van der Waals surface area contributed by atoms with E-state index in [9.17, 15) is 24.3 Å². The van der Waals surface area contributed by atoms with Gasteiger partial charge in [-0.3, -0.25) is 24.3 Å². The molecular weight excluding hydrogens is 500 g/mol. The van der Waals surface area contributed by atoms with Gasteiger partial charge in [0.25, 0.3) is 11.8 Å². The molecule has 0 bridgehead atoms. The summed E-state index contributed by atoms with van der Waals surface area (Å²) in [5.41, 5.74) is 5.55. The Morgan fingerprint density at radius 2 is 2.11 bits per heavy atom. The number of thioether (sulfide) groups is 1. The van der Waals surface area contributed by atoms with Crippen molar-refractivity contribution in [1.82, 2.24) is 25.5 Å². The lowest BCUT2D eigenvalue weighted by Crippen LogP contribution is -2.71. The van der Waals surface area contributed by atoms with E-state index in [1.54, 1.807) is 29.4 Å². The van der Waals surface area contributed by atoms with E-state index in [1.807, 2.05) is 0 Å². The molecule has 4 N–H and O–H groups in total. The molecule has 4 heterocycles. The molecule has 0 saturated carbocycles. The van der Waals surface area contributed by atoms with Crippen LogP contribution in [0.4, 0.5) is 9.93 Å². The number of nitrogen functional groups attached to an aromatic ring is 1. The van der Waals surface area contributed by atoms with Crippen molar-refractivity contribution in [2.75, 3.05) is 18.5 Å². The Hall–Kier alpha value is -4.05. The maximum Gasteiger partial charge on any atom is 0.433 e. The van der Waals surface area contributed by atoms with Crippen LogP contribution in [0.1, 0.15) is 5.69 Å². The fourth-order valence-electron chi connectivity index (χ4n) is 3.41. The quantitative estimate of drug-likeness (QED) is 0.117. The van der Waals surface area contributed by atoms with Gasteiger partial charge in [0.15, 0.2) is 29.8 Å². The molecule has 2 aliphatic rings. The SMILES string of the molecule is CNC(=O)O/N=C(/C(=O)NC1C(=O)N2C(C(=O)[O-])=C(C[n+]3ccncc3)CS[C@H]12)c1csc(N)n1. The maximum absolute atomic E-state index is 12.9. The van der Waals surface area contributed by atoms with E-state index in [2.05, 4.69) is 30.6 Å². The summed E-state index contributed by atoms with van der Waals surface area (Å²) < 4.78 is 1.73. The van der Waals surface area contributed by atoms with E-state index in [4.69, 9.17) is 5.73 Å². The van der Waals surface area contributed by atoms with Crippen molar-refractivity contribution in [1.29, 1.82) is 0 Å². The number of hydrogen-bond acceptors (Lipinski definition) is 12. The predicted molar refractivity (Wildman–Crippen MR) is 120 cm³/mol. The lowest BCUT2D eigenvalue weighted by molar-refractivity contribution is -0.689. The first-order chi connectivity index (χ1) is 16.8. The molecule has 16 heteroatoms. The van der Waals surface area contributed by atoms with Gasteiger partial charge in [-0.2, -0.15) is 4.57 Å². The van der Waals surface area contributed by atoms with Crippen molar-refractivity contribution in [3.8, 4) is 0 Å². The smallest absolute Gasteiger partial charge is 0.433 e. The van der Waals surface area contributed by atoms with Crippen LogP contribution in [0.5, 0.6) is 0 Å². The Bertz CT molecular complexity index is 1250. The highest BCUT2D eigenvalue weighted by molar-refractivity contribution is 8.00. The fraction of sp³-hybridized carbons (Fsp3) is 0.263. The summed E-state index contributed by atoms with van der Waals surface area (Å²) in [6, 6.07) is -1.04. The zero-order valence-electron chi connectivity index (χ0n) is 18.0. The predicted octanol–water partition coefficient (Wildman–Crippen LogP) is -2.43. The Balaban J connectivity index is 1.53. The highest BCUT2D eigenvalue weighted by atomic mass is 32.2. The molecule has 1 saturated heterocycles. The van der Waals surface area contributed by atoms with Crippen LogP contribution in [0.25, 0.3) is 0 Å². The molecule has 1 unspecified atom stereocenters. The van der Waals surface area contributed by atoms with Crippen molar-refractivity contribution >= 4 is 57.8 Å². The number of β-lactam (4-membered cyclic amide) rings is 1. The summed E-state index contributed by atoms with van der Waals surface area (Å²) in [6.07, 6.45) is 5.54. The number of carboxylic acid groups (broad SMARTS) is 1. The number of aliphatic carboxylic acids is 1. The van der Waals surface area contributed by atoms with Crippen molar-refractivity contribution in [2.24, 2.45) is 5.16 Å². The van der Waals surface area contributed by atoms with Gasteiger partial charge in [-0.05, 0) is 0 Å². The molecule has 182 valence electrons. The third-order valence-corrected chi connectivity index (χ3v) is 7.01. The van der Waals surface area contributed by atoms with Gasteiger partial charge in [-0.1, -0.05) is 5.16 Å². The molecule has 0 aliphatic carbocycles. The van der Waals surface area contributed by atoms with Gasteiger partial charge in [0.1, 0.15) is 17.1 Å². The Kier molecular flexibility index (Phi) is 6.92. The number of nitrogens with two attached hydrogens (primary N) is 1. The minimum atomic E-state index is -1.49. The van der Waals surface area contributed by atoms with Crippen molar-refractivity contribution in [2.45, 2.75) is 18.0 Å². The monoisotopic (exact) mass is 518 g/mol. The van der Waals surface area contributed by atoms with Crippen LogP contribution in [0.15, 0.2) is 46.6 Å². The van der Waals surface area contributed by atoms with E-state index in [0.717, 1.165) is 16.2 Å². The summed E-state index contributed by atoms with van der Waals surface area (Å²) in [7, 11) is 1.31. The number of carbonyl (C=O) groups is 4. The van der Waals surface area contributed by atoms with E-state index >= 15 is 0 Å². The van der Waals surface area contributed by atoms with E-state index in [0.29, 0.717) is 11.3 Å². The van der Waals surface area contributed by atoms with Gasteiger partial charge < -0.3 is 26.3 Å². The molecule has 4 rings (SSSR count). The number of oxime groups is 1. The zero-order chi connectivity index (χ0) is 25.1. The number of carbonyl (C=O) groups excluding carboxylic acids is 4. The normalized spacial score (nSPS) is 19.5. The van der Waals surface area contributed by atoms with Gasteiger partial charge in [0.2, 0.25) is 0 Å². The van der Waals surface area contributed by atoms with Crippen LogP contribution in [0.3, 0.4) is 0 Å². The number of hydrogen-bond donors (Lipinski definition) is 3. The van der Waals surface area contributed by atoms with Crippen molar-refractivity contribution in [3.05, 3.63) is 47.1 Å². The molecule has 0 spiro atoms. The van der Waals surface area contributed by atoms with E-state index < -0.39 is 35.3 Å². The number of thiazole rings is 1. The van der Waals surface area contributed by atoms with Crippen LogP contribution in [0.2, 0.25) is 0 Å². The molecule has 0 aromatic carbocycles. The van der Waals surface area contributed by atoms with Gasteiger partial charge in [-0.25, -0.2) is 9.78 Å².